The fourth-order valence-electron chi connectivity index (χ4n) is 2.14. The van der Waals surface area contributed by atoms with Crippen molar-refractivity contribution >= 4 is 17.3 Å². The van der Waals surface area contributed by atoms with Gasteiger partial charge < -0.3 is 4.74 Å². The Balaban J connectivity index is 2.13. The van der Waals surface area contributed by atoms with Gasteiger partial charge in [0.2, 0.25) is 0 Å². The lowest BCUT2D eigenvalue weighted by Gasteiger charge is -2.17. The molecule has 0 aliphatic rings. The Morgan fingerprint density at radius 3 is 2.38 bits per heavy atom. The van der Waals surface area contributed by atoms with Gasteiger partial charge in [-0.1, -0.05) is 44.2 Å². The highest BCUT2D eigenvalue weighted by molar-refractivity contribution is 7.09. The second kappa shape index (κ2) is 7.38. The van der Waals surface area contributed by atoms with Crippen molar-refractivity contribution < 1.29 is 9.53 Å². The van der Waals surface area contributed by atoms with E-state index in [1.807, 2.05) is 29.6 Å². The smallest absolute Gasteiger partial charge is 0.327 e. The number of nitrogens with one attached hydrogen (secondary N) is 1. The van der Waals surface area contributed by atoms with Crippen LogP contribution < -0.4 is 5.32 Å². The Kier molecular flexibility index (Phi) is 5.53. The van der Waals surface area contributed by atoms with Crippen molar-refractivity contribution in [1.29, 1.82) is 0 Å². The molecule has 1 aromatic heterocycles. The molecule has 0 aliphatic carbocycles. The molecule has 4 heteroatoms. The van der Waals surface area contributed by atoms with Crippen molar-refractivity contribution in [3.8, 4) is 0 Å². The van der Waals surface area contributed by atoms with Crippen LogP contribution in [0.1, 0.15) is 41.8 Å². The number of esters is 1. The molecular weight excluding hydrogens is 282 g/mol. The van der Waals surface area contributed by atoms with Gasteiger partial charge >= 0.3 is 5.97 Å². The molecule has 2 aromatic rings. The van der Waals surface area contributed by atoms with Crippen LogP contribution >= 0.6 is 11.3 Å². The van der Waals surface area contributed by atoms with Crippen LogP contribution in [0, 0.1) is 0 Å². The van der Waals surface area contributed by atoms with Gasteiger partial charge in [0.15, 0.2) is 0 Å². The lowest BCUT2D eigenvalue weighted by atomic mass is 9.99. The number of benzene rings is 1. The summed E-state index contributed by atoms with van der Waals surface area (Å²) in [6.07, 6.45) is 0. The van der Waals surface area contributed by atoms with Gasteiger partial charge in [-0.2, -0.15) is 0 Å². The molecule has 1 aromatic carbocycles. The van der Waals surface area contributed by atoms with Crippen LogP contribution in [-0.2, 0) is 16.1 Å². The van der Waals surface area contributed by atoms with Crippen molar-refractivity contribution in [2.75, 3.05) is 7.11 Å². The van der Waals surface area contributed by atoms with E-state index in [4.69, 9.17) is 4.74 Å². The standard InChI is InChI=1S/C17H21NO2S/c1-12(2)13-6-8-14(9-7-13)16(17(19)20-3)18-11-15-5-4-10-21-15/h4-10,12,16,18H,11H2,1-3H3. The summed E-state index contributed by atoms with van der Waals surface area (Å²) in [6.45, 7) is 4.97. The number of hydrogen-bond acceptors (Lipinski definition) is 4. The first kappa shape index (κ1) is 15.7. The maximum Gasteiger partial charge on any atom is 0.327 e. The Morgan fingerprint density at radius 2 is 1.86 bits per heavy atom. The minimum absolute atomic E-state index is 0.260. The number of carbonyl (C=O) groups is 1. The summed E-state index contributed by atoms with van der Waals surface area (Å²) in [4.78, 5) is 13.2. The normalized spacial score (nSPS) is 12.4. The molecule has 0 aliphatic heterocycles. The first-order valence-electron chi connectivity index (χ1n) is 7.05. The van der Waals surface area contributed by atoms with E-state index in [2.05, 4.69) is 31.3 Å². The monoisotopic (exact) mass is 303 g/mol. The van der Waals surface area contributed by atoms with Gasteiger partial charge in [-0.3, -0.25) is 5.32 Å². The Bertz CT molecular complexity index is 561. The SMILES string of the molecule is COC(=O)C(NCc1cccs1)c1ccc(C(C)C)cc1. The summed E-state index contributed by atoms with van der Waals surface area (Å²) in [6, 6.07) is 11.8. The highest BCUT2D eigenvalue weighted by Crippen LogP contribution is 2.20. The molecule has 1 atom stereocenters. The predicted octanol–water partition coefficient (Wildman–Crippen LogP) is 3.88. The van der Waals surface area contributed by atoms with Gasteiger partial charge in [-0.15, -0.1) is 11.3 Å². The van der Waals surface area contributed by atoms with Gasteiger partial charge in [0, 0.05) is 11.4 Å². The average Bonchev–Trinajstić information content (AvgIpc) is 3.01. The highest BCUT2D eigenvalue weighted by Gasteiger charge is 2.21. The van der Waals surface area contributed by atoms with E-state index >= 15 is 0 Å². The molecule has 0 bridgehead atoms. The van der Waals surface area contributed by atoms with Crippen molar-refractivity contribution in [1.82, 2.24) is 5.32 Å². The van der Waals surface area contributed by atoms with Gasteiger partial charge in [-0.05, 0) is 28.5 Å². The summed E-state index contributed by atoms with van der Waals surface area (Å²) >= 11 is 1.67. The minimum atomic E-state index is -0.432. The third-order valence-corrected chi connectivity index (χ3v) is 4.31. The van der Waals surface area contributed by atoms with Gasteiger partial charge in [0.05, 0.1) is 7.11 Å². The van der Waals surface area contributed by atoms with Crippen LogP contribution in [-0.4, -0.2) is 13.1 Å². The van der Waals surface area contributed by atoms with E-state index in [1.165, 1.54) is 17.6 Å². The zero-order valence-corrected chi connectivity index (χ0v) is 13.4. The third-order valence-electron chi connectivity index (χ3n) is 3.43. The summed E-state index contributed by atoms with van der Waals surface area (Å²) in [5, 5.41) is 5.30. The summed E-state index contributed by atoms with van der Waals surface area (Å²) in [7, 11) is 1.42. The molecule has 3 nitrogen and oxygen atoms in total. The van der Waals surface area contributed by atoms with Crippen LogP contribution in [0.3, 0.4) is 0 Å². The first-order chi connectivity index (χ1) is 10.1. The number of methoxy groups -OCH3 is 1. The second-order valence-electron chi connectivity index (χ2n) is 5.24. The average molecular weight is 303 g/mol. The lowest BCUT2D eigenvalue weighted by Crippen LogP contribution is -2.29. The number of hydrogen-bond donors (Lipinski definition) is 1. The zero-order valence-electron chi connectivity index (χ0n) is 12.6. The fourth-order valence-corrected chi connectivity index (χ4v) is 2.80. The molecule has 0 fully saturated rings. The minimum Gasteiger partial charge on any atom is -0.468 e. The lowest BCUT2D eigenvalue weighted by molar-refractivity contribution is -0.143. The van der Waals surface area contributed by atoms with Gasteiger partial charge in [-0.25, -0.2) is 4.79 Å². The molecule has 0 spiro atoms. The molecule has 1 unspecified atom stereocenters. The fraction of sp³-hybridized carbons (Fsp3) is 0.353. The van der Waals surface area contributed by atoms with Crippen molar-refractivity contribution in [3.05, 3.63) is 57.8 Å². The molecule has 112 valence electrons. The maximum atomic E-state index is 12.0. The largest absolute Gasteiger partial charge is 0.468 e. The summed E-state index contributed by atoms with van der Waals surface area (Å²) < 4.78 is 4.92. The van der Waals surface area contributed by atoms with Crippen LogP contribution in [0.4, 0.5) is 0 Å². The van der Waals surface area contributed by atoms with Crippen LogP contribution in [0.15, 0.2) is 41.8 Å². The van der Waals surface area contributed by atoms with Crippen molar-refractivity contribution in [2.45, 2.75) is 32.4 Å². The maximum absolute atomic E-state index is 12.0. The predicted molar refractivity (Wildman–Crippen MR) is 86.4 cm³/mol. The number of rotatable bonds is 6. The van der Waals surface area contributed by atoms with E-state index < -0.39 is 6.04 Å². The van der Waals surface area contributed by atoms with Gasteiger partial charge in [0.25, 0.3) is 0 Å². The molecule has 21 heavy (non-hydrogen) atoms. The number of carbonyl (C=O) groups excluding carboxylic acids is 1. The topological polar surface area (TPSA) is 38.3 Å². The van der Waals surface area contributed by atoms with Gasteiger partial charge in [0.1, 0.15) is 6.04 Å². The summed E-state index contributed by atoms with van der Waals surface area (Å²) in [5.74, 6) is 0.221. The van der Waals surface area contributed by atoms with Crippen molar-refractivity contribution in [2.24, 2.45) is 0 Å². The van der Waals surface area contributed by atoms with E-state index in [0.29, 0.717) is 12.5 Å². The Labute approximate surface area is 130 Å². The number of ether oxygens (including phenoxy) is 1. The van der Waals surface area contributed by atoms with E-state index in [9.17, 15) is 4.79 Å². The van der Waals surface area contributed by atoms with Crippen LogP contribution in [0.5, 0.6) is 0 Å². The Morgan fingerprint density at radius 1 is 1.19 bits per heavy atom. The molecule has 0 amide bonds. The van der Waals surface area contributed by atoms with E-state index in [0.717, 1.165) is 5.56 Å². The Hall–Kier alpha value is -1.65. The molecule has 0 saturated carbocycles. The molecule has 1 N–H and O–H groups in total. The van der Waals surface area contributed by atoms with Crippen molar-refractivity contribution in [3.63, 3.8) is 0 Å². The highest BCUT2D eigenvalue weighted by atomic mass is 32.1. The number of thiophene rings is 1. The van der Waals surface area contributed by atoms with E-state index in [-0.39, 0.29) is 5.97 Å². The second-order valence-corrected chi connectivity index (χ2v) is 6.27. The molecule has 0 saturated heterocycles. The molecular formula is C17H21NO2S. The van der Waals surface area contributed by atoms with Crippen LogP contribution in [0.2, 0.25) is 0 Å². The zero-order chi connectivity index (χ0) is 15.2. The molecule has 2 rings (SSSR count). The molecule has 0 radical (unpaired) electrons. The molecule has 1 heterocycles. The van der Waals surface area contributed by atoms with Crippen LogP contribution in [0.25, 0.3) is 0 Å². The first-order valence-corrected chi connectivity index (χ1v) is 7.93. The van der Waals surface area contributed by atoms with E-state index in [1.54, 1.807) is 11.3 Å². The quantitative estimate of drug-likeness (QED) is 0.823. The third kappa shape index (κ3) is 4.16. The summed E-state index contributed by atoms with van der Waals surface area (Å²) in [5.41, 5.74) is 2.20.